The minimum absolute atomic E-state index is 0.0331. The molecule has 1 unspecified atom stereocenters. The highest BCUT2D eigenvalue weighted by atomic mass is 16.4. The van der Waals surface area contributed by atoms with E-state index in [4.69, 9.17) is 5.11 Å². The van der Waals surface area contributed by atoms with Crippen LogP contribution in [-0.2, 0) is 4.79 Å². The smallest absolute Gasteiger partial charge is 0.305 e. The van der Waals surface area contributed by atoms with Gasteiger partial charge in [-0.25, -0.2) is 0 Å². The highest BCUT2D eigenvalue weighted by Crippen LogP contribution is 2.25. The van der Waals surface area contributed by atoms with E-state index in [2.05, 4.69) is 5.10 Å². The van der Waals surface area contributed by atoms with Crippen molar-refractivity contribution in [2.75, 3.05) is 0 Å². The molecule has 4 heteroatoms. The van der Waals surface area contributed by atoms with Crippen molar-refractivity contribution in [1.82, 2.24) is 9.78 Å². The van der Waals surface area contributed by atoms with E-state index >= 15 is 0 Å². The lowest BCUT2D eigenvalue weighted by atomic mass is 10.0. The molecular formula is C15H18N2O2. The van der Waals surface area contributed by atoms with Crippen molar-refractivity contribution in [3.05, 3.63) is 52.8 Å². The molecule has 1 aromatic heterocycles. The molecule has 0 radical (unpaired) electrons. The quantitative estimate of drug-likeness (QED) is 0.917. The number of carboxylic acid groups (broad SMARTS) is 1. The maximum Gasteiger partial charge on any atom is 0.305 e. The predicted molar refractivity (Wildman–Crippen MR) is 73.3 cm³/mol. The summed E-state index contributed by atoms with van der Waals surface area (Å²) in [7, 11) is 0. The Hall–Kier alpha value is -2.10. The largest absolute Gasteiger partial charge is 0.481 e. The van der Waals surface area contributed by atoms with Crippen LogP contribution in [0.2, 0.25) is 0 Å². The summed E-state index contributed by atoms with van der Waals surface area (Å²) >= 11 is 0. The van der Waals surface area contributed by atoms with E-state index in [1.807, 2.05) is 55.8 Å². The normalized spacial score (nSPS) is 12.4. The molecule has 19 heavy (non-hydrogen) atoms. The summed E-state index contributed by atoms with van der Waals surface area (Å²) in [6.45, 7) is 5.94. The van der Waals surface area contributed by atoms with Gasteiger partial charge in [-0.2, -0.15) is 5.10 Å². The van der Waals surface area contributed by atoms with E-state index in [0.717, 1.165) is 22.5 Å². The van der Waals surface area contributed by atoms with Crippen molar-refractivity contribution < 1.29 is 9.90 Å². The molecule has 0 aliphatic carbocycles. The van der Waals surface area contributed by atoms with Gasteiger partial charge in [-0.05, 0) is 31.9 Å². The standard InChI is InChI=1S/C15H18N2O2/c1-10-11(2)16-17(12(10)3)14(9-15(18)19)13-7-5-4-6-8-13/h4-8,14H,9H2,1-3H3,(H,18,19). The molecule has 0 aliphatic rings. The zero-order valence-electron chi connectivity index (χ0n) is 11.4. The summed E-state index contributed by atoms with van der Waals surface area (Å²) in [5.41, 5.74) is 4.05. The van der Waals surface area contributed by atoms with Crippen molar-refractivity contribution >= 4 is 5.97 Å². The number of carboxylic acids is 1. The van der Waals surface area contributed by atoms with Gasteiger partial charge in [0.2, 0.25) is 0 Å². The van der Waals surface area contributed by atoms with Gasteiger partial charge in [0.1, 0.15) is 0 Å². The topological polar surface area (TPSA) is 55.1 Å². The molecule has 4 nitrogen and oxygen atoms in total. The molecule has 1 atom stereocenters. The van der Waals surface area contributed by atoms with Crippen LogP contribution in [0.3, 0.4) is 0 Å². The average molecular weight is 258 g/mol. The number of carbonyl (C=O) groups is 1. The number of aryl methyl sites for hydroxylation is 1. The number of benzene rings is 1. The van der Waals surface area contributed by atoms with Gasteiger partial charge in [0.15, 0.2) is 0 Å². The molecule has 2 aromatic rings. The first-order valence-corrected chi connectivity index (χ1v) is 6.29. The van der Waals surface area contributed by atoms with Gasteiger partial charge in [0.25, 0.3) is 0 Å². The van der Waals surface area contributed by atoms with Gasteiger partial charge in [-0.3, -0.25) is 9.48 Å². The molecule has 1 N–H and O–H groups in total. The van der Waals surface area contributed by atoms with Gasteiger partial charge >= 0.3 is 5.97 Å². The van der Waals surface area contributed by atoms with Crippen LogP contribution in [0.15, 0.2) is 30.3 Å². The monoisotopic (exact) mass is 258 g/mol. The Morgan fingerprint density at radius 3 is 2.37 bits per heavy atom. The van der Waals surface area contributed by atoms with Crippen molar-refractivity contribution in [2.45, 2.75) is 33.2 Å². The third-order valence-electron chi connectivity index (χ3n) is 3.53. The highest BCUT2D eigenvalue weighted by molar-refractivity contribution is 5.68. The molecule has 1 aromatic carbocycles. The lowest BCUT2D eigenvalue weighted by Gasteiger charge is -2.18. The summed E-state index contributed by atoms with van der Waals surface area (Å²) in [5, 5.41) is 13.6. The zero-order chi connectivity index (χ0) is 14.0. The molecule has 0 spiro atoms. The Morgan fingerprint density at radius 2 is 1.89 bits per heavy atom. The predicted octanol–water partition coefficient (Wildman–Crippen LogP) is 2.87. The summed E-state index contributed by atoms with van der Waals surface area (Å²) in [6, 6.07) is 9.39. The average Bonchev–Trinajstić information content (AvgIpc) is 2.64. The Kier molecular flexibility index (Phi) is 3.69. The summed E-state index contributed by atoms with van der Waals surface area (Å²) in [6.07, 6.45) is 0.0331. The molecule has 0 amide bonds. The fraction of sp³-hybridized carbons (Fsp3) is 0.333. The first kappa shape index (κ1) is 13.3. The van der Waals surface area contributed by atoms with Gasteiger partial charge in [-0.1, -0.05) is 30.3 Å². The number of hydrogen-bond donors (Lipinski definition) is 1. The van der Waals surface area contributed by atoms with Gasteiger partial charge < -0.3 is 5.11 Å². The van der Waals surface area contributed by atoms with Gasteiger partial charge in [0.05, 0.1) is 18.2 Å². The molecule has 2 rings (SSSR count). The van der Waals surface area contributed by atoms with Crippen molar-refractivity contribution in [3.63, 3.8) is 0 Å². The molecule has 0 saturated carbocycles. The van der Waals surface area contributed by atoms with Gasteiger partial charge in [0, 0.05) is 5.69 Å². The number of aliphatic carboxylic acids is 1. The number of hydrogen-bond acceptors (Lipinski definition) is 2. The SMILES string of the molecule is Cc1nn(C(CC(=O)O)c2ccccc2)c(C)c1C. The summed E-state index contributed by atoms with van der Waals surface area (Å²) in [5.74, 6) is -0.820. The molecule has 100 valence electrons. The van der Waals surface area contributed by atoms with E-state index in [0.29, 0.717) is 0 Å². The maximum atomic E-state index is 11.1. The Morgan fingerprint density at radius 1 is 1.26 bits per heavy atom. The van der Waals surface area contributed by atoms with E-state index in [-0.39, 0.29) is 12.5 Å². The molecule has 0 aliphatic heterocycles. The zero-order valence-corrected chi connectivity index (χ0v) is 11.4. The van der Waals surface area contributed by atoms with E-state index in [9.17, 15) is 4.79 Å². The minimum Gasteiger partial charge on any atom is -0.481 e. The Balaban J connectivity index is 2.49. The summed E-state index contributed by atoms with van der Waals surface area (Å²) in [4.78, 5) is 11.1. The third-order valence-corrected chi connectivity index (χ3v) is 3.53. The van der Waals surface area contributed by atoms with Gasteiger partial charge in [-0.15, -0.1) is 0 Å². The van der Waals surface area contributed by atoms with Crippen molar-refractivity contribution in [2.24, 2.45) is 0 Å². The van der Waals surface area contributed by atoms with Crippen molar-refractivity contribution in [3.8, 4) is 0 Å². The minimum atomic E-state index is -0.820. The van der Waals surface area contributed by atoms with Crippen LogP contribution in [0, 0.1) is 20.8 Å². The second-order valence-corrected chi connectivity index (χ2v) is 4.76. The Labute approximate surface area is 112 Å². The van der Waals surface area contributed by atoms with Crippen LogP contribution in [0.4, 0.5) is 0 Å². The second kappa shape index (κ2) is 5.26. The Bertz CT molecular complexity index is 588. The first-order chi connectivity index (χ1) is 9.00. The number of aromatic nitrogens is 2. The van der Waals surface area contributed by atoms with E-state index < -0.39 is 5.97 Å². The number of rotatable bonds is 4. The van der Waals surface area contributed by atoms with Crippen LogP contribution >= 0.6 is 0 Å². The lowest BCUT2D eigenvalue weighted by molar-refractivity contribution is -0.137. The molecule has 0 bridgehead atoms. The molecule has 1 heterocycles. The molecular weight excluding hydrogens is 240 g/mol. The fourth-order valence-electron chi connectivity index (χ4n) is 2.23. The van der Waals surface area contributed by atoms with Crippen LogP contribution in [0.1, 0.15) is 35.0 Å². The second-order valence-electron chi connectivity index (χ2n) is 4.76. The lowest BCUT2D eigenvalue weighted by Crippen LogP contribution is -2.17. The van der Waals surface area contributed by atoms with Crippen LogP contribution in [0.25, 0.3) is 0 Å². The molecule has 0 saturated heterocycles. The van der Waals surface area contributed by atoms with Crippen molar-refractivity contribution in [1.29, 1.82) is 0 Å². The summed E-state index contributed by atoms with van der Waals surface area (Å²) < 4.78 is 1.83. The third kappa shape index (κ3) is 2.67. The van der Waals surface area contributed by atoms with E-state index in [1.54, 1.807) is 0 Å². The van der Waals surface area contributed by atoms with Crippen LogP contribution in [-0.4, -0.2) is 20.9 Å². The first-order valence-electron chi connectivity index (χ1n) is 6.29. The number of nitrogens with zero attached hydrogens (tertiary/aromatic N) is 2. The van der Waals surface area contributed by atoms with Crippen LogP contribution < -0.4 is 0 Å². The van der Waals surface area contributed by atoms with E-state index in [1.165, 1.54) is 0 Å². The highest BCUT2D eigenvalue weighted by Gasteiger charge is 2.21. The fourth-order valence-corrected chi connectivity index (χ4v) is 2.23. The molecule has 0 fully saturated rings. The maximum absolute atomic E-state index is 11.1. The van der Waals surface area contributed by atoms with Crippen LogP contribution in [0.5, 0.6) is 0 Å².